The van der Waals surface area contributed by atoms with Gasteiger partial charge >= 0.3 is 0 Å². The number of carbonyl (C=O) groups is 2. The molecule has 0 radical (unpaired) electrons. The number of hydrogen-bond donors (Lipinski definition) is 2. The molecule has 0 heterocycles. The van der Waals surface area contributed by atoms with Gasteiger partial charge in [-0.15, -0.1) is 0 Å². The molecule has 0 aromatic carbocycles. The van der Waals surface area contributed by atoms with Crippen LogP contribution in [0, 0.1) is 0 Å². The monoisotopic (exact) mass is 524 g/mol. The Hall–Kier alpha value is -0.740. The number of aliphatic hydroxyl groups is 2. The lowest BCUT2D eigenvalue weighted by atomic mass is 9.83. The van der Waals surface area contributed by atoms with E-state index in [1.165, 1.54) is 122 Å². The molecule has 4 nitrogen and oxygen atoms in total. The van der Waals surface area contributed by atoms with E-state index in [4.69, 9.17) is 0 Å². The lowest BCUT2D eigenvalue weighted by Gasteiger charge is -2.28. The van der Waals surface area contributed by atoms with E-state index in [0.29, 0.717) is 12.8 Å². The van der Waals surface area contributed by atoms with E-state index in [1.807, 2.05) is 0 Å². The minimum absolute atomic E-state index is 0.169. The fourth-order valence-corrected chi connectivity index (χ4v) is 5.26. The average Bonchev–Trinajstić information content (AvgIpc) is 2.88. The first kappa shape index (κ1) is 36.3. The van der Waals surface area contributed by atoms with Crippen LogP contribution in [0.4, 0.5) is 0 Å². The van der Waals surface area contributed by atoms with E-state index >= 15 is 0 Å². The molecule has 0 spiro atoms. The van der Waals surface area contributed by atoms with Crippen molar-refractivity contribution >= 4 is 11.6 Å². The molecule has 4 heteroatoms. The Morgan fingerprint density at radius 1 is 0.486 bits per heavy atom. The molecule has 0 amide bonds. The van der Waals surface area contributed by atoms with Crippen molar-refractivity contribution in [3.8, 4) is 0 Å². The van der Waals surface area contributed by atoms with Gasteiger partial charge < -0.3 is 10.2 Å². The largest absolute Gasteiger partial charge is 0.389 e. The van der Waals surface area contributed by atoms with Crippen LogP contribution in [0.2, 0.25) is 0 Å². The zero-order valence-corrected chi connectivity index (χ0v) is 25.2. The smallest absolute Gasteiger partial charge is 0.206 e. The summed E-state index contributed by atoms with van der Waals surface area (Å²) in [6.45, 7) is 5.85. The normalized spacial score (nSPS) is 14.0. The van der Waals surface area contributed by atoms with Crippen LogP contribution in [0.5, 0.6) is 0 Å². The molecule has 0 aliphatic heterocycles. The third kappa shape index (κ3) is 19.0. The predicted molar refractivity (Wildman–Crippen MR) is 158 cm³/mol. The van der Waals surface area contributed by atoms with E-state index in [-0.39, 0.29) is 12.8 Å². The standard InChI is InChI=1S/C33H64O4/c1-4-6-8-10-12-14-16-17-19-21-23-25-27-29-32(36)33(37,30(3)34)31(35)28-26-24-22-20-18-15-13-11-9-7-5-2/h30,34,37H,4-29H2,1-3H3. The van der Waals surface area contributed by atoms with Crippen molar-refractivity contribution in [3.63, 3.8) is 0 Å². The van der Waals surface area contributed by atoms with Crippen molar-refractivity contribution in [1.29, 1.82) is 0 Å². The van der Waals surface area contributed by atoms with Crippen molar-refractivity contribution in [2.24, 2.45) is 0 Å². The minimum Gasteiger partial charge on any atom is -0.389 e. The van der Waals surface area contributed by atoms with Crippen molar-refractivity contribution in [1.82, 2.24) is 0 Å². The third-order valence-electron chi connectivity index (χ3n) is 7.97. The lowest BCUT2D eigenvalue weighted by Crippen LogP contribution is -2.54. The summed E-state index contributed by atoms with van der Waals surface area (Å²) in [5.74, 6) is -1.00. The SMILES string of the molecule is CCCCCCCCCCCCCCCC(=O)C(O)(C(=O)CCCCCCCCCCCCC)C(C)O. The molecular weight excluding hydrogens is 460 g/mol. The molecule has 0 aromatic heterocycles. The van der Waals surface area contributed by atoms with Crippen LogP contribution < -0.4 is 0 Å². The van der Waals surface area contributed by atoms with E-state index in [9.17, 15) is 19.8 Å². The van der Waals surface area contributed by atoms with Gasteiger partial charge in [0.05, 0.1) is 6.10 Å². The van der Waals surface area contributed by atoms with Crippen LogP contribution in [-0.4, -0.2) is 33.5 Å². The Morgan fingerprint density at radius 2 is 0.703 bits per heavy atom. The Labute approximate surface area is 230 Å². The summed E-state index contributed by atoms with van der Waals surface area (Å²) >= 11 is 0. The lowest BCUT2D eigenvalue weighted by molar-refractivity contribution is -0.162. The summed E-state index contributed by atoms with van der Waals surface area (Å²) in [5.41, 5.74) is -2.23. The predicted octanol–water partition coefficient (Wildman–Crippen LogP) is 9.42. The number of rotatable bonds is 29. The van der Waals surface area contributed by atoms with E-state index in [0.717, 1.165) is 25.7 Å². The van der Waals surface area contributed by atoms with Crippen LogP contribution in [0.3, 0.4) is 0 Å². The second-order valence-electron chi connectivity index (χ2n) is 11.6. The quantitative estimate of drug-likeness (QED) is 0.0754. The Kier molecular flexibility index (Phi) is 25.0. The summed E-state index contributed by atoms with van der Waals surface area (Å²) in [6, 6.07) is 0. The van der Waals surface area contributed by atoms with Gasteiger partial charge in [-0.2, -0.15) is 0 Å². The number of Topliss-reactive ketones (excluding diaryl/α,β-unsaturated/α-hetero) is 2. The molecule has 0 saturated carbocycles. The molecule has 0 aliphatic carbocycles. The van der Waals surface area contributed by atoms with Crippen LogP contribution >= 0.6 is 0 Å². The number of carbonyl (C=O) groups excluding carboxylic acids is 2. The number of hydrogen-bond acceptors (Lipinski definition) is 4. The second-order valence-corrected chi connectivity index (χ2v) is 11.6. The molecule has 37 heavy (non-hydrogen) atoms. The summed E-state index contributed by atoms with van der Waals surface area (Å²) in [5, 5.41) is 20.9. The van der Waals surface area contributed by atoms with Crippen LogP contribution in [-0.2, 0) is 9.59 Å². The maximum atomic E-state index is 12.7. The molecule has 0 fully saturated rings. The second kappa shape index (κ2) is 25.5. The van der Waals surface area contributed by atoms with Gasteiger partial charge in [-0.1, -0.05) is 155 Å². The molecule has 220 valence electrons. The van der Waals surface area contributed by atoms with Crippen molar-refractivity contribution < 1.29 is 19.8 Å². The first-order chi connectivity index (χ1) is 17.9. The minimum atomic E-state index is -2.23. The highest BCUT2D eigenvalue weighted by molar-refractivity contribution is 6.10. The molecular formula is C33H64O4. The Bertz CT molecular complexity index is 530. The molecule has 0 aromatic rings. The van der Waals surface area contributed by atoms with Gasteiger partial charge in [0.25, 0.3) is 0 Å². The third-order valence-corrected chi connectivity index (χ3v) is 7.97. The van der Waals surface area contributed by atoms with Crippen molar-refractivity contribution in [2.75, 3.05) is 0 Å². The fourth-order valence-electron chi connectivity index (χ4n) is 5.26. The molecule has 0 bridgehead atoms. The Morgan fingerprint density at radius 3 is 0.919 bits per heavy atom. The van der Waals surface area contributed by atoms with E-state index in [1.54, 1.807) is 0 Å². The van der Waals surface area contributed by atoms with Crippen LogP contribution in [0.1, 0.15) is 188 Å². The highest BCUT2D eigenvalue weighted by Gasteiger charge is 2.46. The zero-order chi connectivity index (χ0) is 27.6. The van der Waals surface area contributed by atoms with Gasteiger partial charge in [-0.25, -0.2) is 0 Å². The maximum absolute atomic E-state index is 12.7. The first-order valence-electron chi connectivity index (χ1n) is 16.4. The van der Waals surface area contributed by atoms with Gasteiger partial charge in [0.2, 0.25) is 5.60 Å². The van der Waals surface area contributed by atoms with Gasteiger partial charge in [-0.05, 0) is 19.8 Å². The molecule has 2 N–H and O–H groups in total. The molecule has 0 aliphatic rings. The van der Waals surface area contributed by atoms with E-state index in [2.05, 4.69) is 13.8 Å². The highest BCUT2D eigenvalue weighted by atomic mass is 16.4. The molecule has 0 saturated heterocycles. The maximum Gasteiger partial charge on any atom is 0.206 e. The summed E-state index contributed by atoms with van der Waals surface area (Å²) in [6.07, 6.45) is 27.9. The van der Waals surface area contributed by atoms with Gasteiger partial charge in [0.1, 0.15) is 0 Å². The first-order valence-corrected chi connectivity index (χ1v) is 16.4. The number of aliphatic hydroxyl groups excluding tert-OH is 1. The molecule has 2 atom stereocenters. The topological polar surface area (TPSA) is 74.6 Å². The molecule has 2 unspecified atom stereocenters. The summed E-state index contributed by atoms with van der Waals surface area (Å²) in [4.78, 5) is 25.4. The van der Waals surface area contributed by atoms with Crippen LogP contribution in [0.25, 0.3) is 0 Å². The summed E-state index contributed by atoms with van der Waals surface area (Å²) < 4.78 is 0. The van der Waals surface area contributed by atoms with Crippen molar-refractivity contribution in [2.45, 2.75) is 199 Å². The van der Waals surface area contributed by atoms with E-state index < -0.39 is 23.3 Å². The van der Waals surface area contributed by atoms with Gasteiger partial charge in [0.15, 0.2) is 11.6 Å². The Balaban J connectivity index is 3.91. The number of unbranched alkanes of at least 4 members (excludes halogenated alkanes) is 22. The zero-order valence-electron chi connectivity index (χ0n) is 25.2. The number of ketones is 2. The van der Waals surface area contributed by atoms with Crippen LogP contribution in [0.15, 0.2) is 0 Å². The average molecular weight is 525 g/mol. The summed E-state index contributed by atoms with van der Waals surface area (Å²) in [7, 11) is 0. The van der Waals surface area contributed by atoms with Gasteiger partial charge in [-0.3, -0.25) is 9.59 Å². The van der Waals surface area contributed by atoms with Crippen molar-refractivity contribution in [3.05, 3.63) is 0 Å². The molecule has 0 rings (SSSR count). The van der Waals surface area contributed by atoms with Gasteiger partial charge in [0, 0.05) is 12.8 Å². The highest BCUT2D eigenvalue weighted by Crippen LogP contribution is 2.22. The fraction of sp³-hybridized carbons (Fsp3) is 0.939.